The molecule has 0 aromatic heterocycles. The van der Waals surface area contributed by atoms with Crippen LogP contribution in [0.2, 0.25) is 0 Å². The summed E-state index contributed by atoms with van der Waals surface area (Å²) in [5.41, 5.74) is 1.16. The van der Waals surface area contributed by atoms with Crippen molar-refractivity contribution in [3.63, 3.8) is 0 Å². The van der Waals surface area contributed by atoms with E-state index in [4.69, 9.17) is 4.74 Å². The van der Waals surface area contributed by atoms with E-state index in [1.807, 2.05) is 31.2 Å². The fraction of sp³-hybridized carbons (Fsp3) is 0.500. The van der Waals surface area contributed by atoms with Gasteiger partial charge >= 0.3 is 5.97 Å². The molecule has 0 saturated heterocycles. The largest absolute Gasteiger partial charge is 0.466 e. The molecule has 0 spiro atoms. The summed E-state index contributed by atoms with van der Waals surface area (Å²) in [7, 11) is 0. The van der Waals surface area contributed by atoms with E-state index in [1.54, 1.807) is 0 Å². The third-order valence-electron chi connectivity index (χ3n) is 2.65. The highest BCUT2D eigenvalue weighted by atomic mass is 79.9. The van der Waals surface area contributed by atoms with E-state index >= 15 is 0 Å². The van der Waals surface area contributed by atoms with Gasteiger partial charge in [0.25, 0.3) is 0 Å². The van der Waals surface area contributed by atoms with Crippen molar-refractivity contribution in [2.24, 2.45) is 0 Å². The molecule has 0 aliphatic rings. The topological polar surface area (TPSA) is 26.3 Å². The standard InChI is InChI=1S/C14H19BrO2/c1-3-4-8-17-14(16)9-11(2)12-6-5-7-13(15)10-12/h5-7,10-11H,3-4,8-9H2,1-2H3. The van der Waals surface area contributed by atoms with Gasteiger partial charge < -0.3 is 4.74 Å². The highest BCUT2D eigenvalue weighted by Gasteiger charge is 2.12. The molecule has 0 amide bonds. The van der Waals surface area contributed by atoms with Crippen molar-refractivity contribution in [1.29, 1.82) is 0 Å². The van der Waals surface area contributed by atoms with E-state index in [1.165, 1.54) is 0 Å². The first-order chi connectivity index (χ1) is 8.13. The van der Waals surface area contributed by atoms with E-state index in [2.05, 4.69) is 22.9 Å². The molecule has 0 aliphatic heterocycles. The molecule has 0 bridgehead atoms. The second-order valence-corrected chi connectivity index (χ2v) is 5.15. The first-order valence-corrected chi connectivity index (χ1v) is 6.84. The molecule has 1 unspecified atom stereocenters. The van der Waals surface area contributed by atoms with Crippen molar-refractivity contribution in [3.8, 4) is 0 Å². The number of esters is 1. The maximum absolute atomic E-state index is 11.6. The summed E-state index contributed by atoms with van der Waals surface area (Å²) < 4.78 is 6.20. The molecule has 1 rings (SSSR count). The van der Waals surface area contributed by atoms with E-state index in [0.717, 1.165) is 22.9 Å². The average molecular weight is 299 g/mol. The lowest BCUT2D eigenvalue weighted by Crippen LogP contribution is -2.09. The van der Waals surface area contributed by atoms with Crippen LogP contribution in [0.15, 0.2) is 28.7 Å². The molecular weight excluding hydrogens is 280 g/mol. The van der Waals surface area contributed by atoms with Gasteiger partial charge in [-0.15, -0.1) is 0 Å². The number of rotatable bonds is 6. The Bertz CT molecular complexity index is 363. The van der Waals surface area contributed by atoms with Gasteiger partial charge in [0, 0.05) is 4.47 Å². The van der Waals surface area contributed by atoms with Gasteiger partial charge in [0.2, 0.25) is 0 Å². The van der Waals surface area contributed by atoms with Crippen LogP contribution in [-0.2, 0) is 9.53 Å². The zero-order valence-corrected chi connectivity index (χ0v) is 12.0. The molecule has 2 nitrogen and oxygen atoms in total. The normalized spacial score (nSPS) is 12.2. The van der Waals surface area contributed by atoms with Gasteiger partial charge in [-0.3, -0.25) is 4.79 Å². The van der Waals surface area contributed by atoms with E-state index in [0.29, 0.717) is 13.0 Å². The molecule has 0 heterocycles. The summed E-state index contributed by atoms with van der Waals surface area (Å²) in [6.07, 6.45) is 2.44. The second-order valence-electron chi connectivity index (χ2n) is 4.23. The van der Waals surface area contributed by atoms with Crippen LogP contribution in [0.4, 0.5) is 0 Å². The zero-order chi connectivity index (χ0) is 12.7. The van der Waals surface area contributed by atoms with Crippen LogP contribution in [0.25, 0.3) is 0 Å². The number of carbonyl (C=O) groups is 1. The van der Waals surface area contributed by atoms with Crippen molar-refractivity contribution in [1.82, 2.24) is 0 Å². The SMILES string of the molecule is CCCCOC(=O)CC(C)c1cccc(Br)c1. The summed E-state index contributed by atoms with van der Waals surface area (Å²) in [6, 6.07) is 8.05. The predicted octanol–water partition coefficient (Wildman–Crippen LogP) is 4.29. The molecule has 0 N–H and O–H groups in total. The van der Waals surface area contributed by atoms with Crippen LogP contribution >= 0.6 is 15.9 Å². The van der Waals surface area contributed by atoms with Crippen molar-refractivity contribution in [2.75, 3.05) is 6.61 Å². The summed E-state index contributed by atoms with van der Waals surface area (Å²) in [4.78, 5) is 11.6. The Morgan fingerprint density at radius 2 is 2.24 bits per heavy atom. The molecule has 0 aliphatic carbocycles. The fourth-order valence-corrected chi connectivity index (χ4v) is 1.99. The maximum atomic E-state index is 11.6. The Hall–Kier alpha value is -0.830. The van der Waals surface area contributed by atoms with Crippen LogP contribution in [-0.4, -0.2) is 12.6 Å². The quantitative estimate of drug-likeness (QED) is 0.578. The van der Waals surface area contributed by atoms with Crippen LogP contribution in [0.5, 0.6) is 0 Å². The van der Waals surface area contributed by atoms with Crippen LogP contribution < -0.4 is 0 Å². The van der Waals surface area contributed by atoms with Gasteiger partial charge in [-0.1, -0.05) is 48.3 Å². The van der Waals surface area contributed by atoms with Crippen molar-refractivity contribution in [2.45, 2.75) is 39.0 Å². The van der Waals surface area contributed by atoms with E-state index < -0.39 is 0 Å². The summed E-state index contributed by atoms with van der Waals surface area (Å²) >= 11 is 3.43. The number of carbonyl (C=O) groups excluding carboxylic acids is 1. The minimum absolute atomic E-state index is 0.106. The molecule has 1 aromatic carbocycles. The first kappa shape index (κ1) is 14.2. The number of ether oxygens (including phenoxy) is 1. The number of halogens is 1. The molecule has 0 radical (unpaired) electrons. The Labute approximate surface area is 111 Å². The van der Waals surface area contributed by atoms with E-state index in [-0.39, 0.29) is 11.9 Å². The lowest BCUT2D eigenvalue weighted by Gasteiger charge is -2.11. The fourth-order valence-electron chi connectivity index (χ4n) is 1.57. The summed E-state index contributed by atoms with van der Waals surface area (Å²) in [6.45, 7) is 4.67. The van der Waals surface area contributed by atoms with Gasteiger partial charge in [0.1, 0.15) is 0 Å². The zero-order valence-electron chi connectivity index (χ0n) is 10.4. The van der Waals surface area contributed by atoms with Gasteiger partial charge in [-0.25, -0.2) is 0 Å². The number of unbranched alkanes of at least 4 members (excludes halogenated alkanes) is 1. The molecule has 17 heavy (non-hydrogen) atoms. The van der Waals surface area contributed by atoms with Crippen molar-refractivity contribution >= 4 is 21.9 Å². The Kier molecular flexibility index (Phi) is 6.27. The third-order valence-corrected chi connectivity index (χ3v) is 3.14. The van der Waals surface area contributed by atoms with Crippen molar-refractivity contribution in [3.05, 3.63) is 34.3 Å². The number of hydrogen-bond acceptors (Lipinski definition) is 2. The van der Waals surface area contributed by atoms with Gasteiger partial charge in [0.15, 0.2) is 0 Å². The monoisotopic (exact) mass is 298 g/mol. The predicted molar refractivity (Wildman–Crippen MR) is 73.0 cm³/mol. The minimum atomic E-state index is -0.106. The van der Waals surface area contributed by atoms with Crippen molar-refractivity contribution < 1.29 is 9.53 Å². The van der Waals surface area contributed by atoms with Gasteiger partial charge in [-0.05, 0) is 30.0 Å². The molecule has 1 aromatic rings. The molecule has 3 heteroatoms. The van der Waals surface area contributed by atoms with Gasteiger partial charge in [0.05, 0.1) is 13.0 Å². The number of hydrogen-bond donors (Lipinski definition) is 0. The molecule has 0 fully saturated rings. The highest BCUT2D eigenvalue weighted by molar-refractivity contribution is 9.10. The van der Waals surface area contributed by atoms with Gasteiger partial charge in [-0.2, -0.15) is 0 Å². The van der Waals surface area contributed by atoms with Crippen LogP contribution in [0.3, 0.4) is 0 Å². The molecule has 1 atom stereocenters. The minimum Gasteiger partial charge on any atom is -0.466 e. The number of benzene rings is 1. The Balaban J connectivity index is 2.43. The lowest BCUT2D eigenvalue weighted by molar-refractivity contribution is -0.144. The molecular formula is C14H19BrO2. The third kappa shape index (κ3) is 5.35. The first-order valence-electron chi connectivity index (χ1n) is 6.04. The lowest BCUT2D eigenvalue weighted by atomic mass is 9.98. The highest BCUT2D eigenvalue weighted by Crippen LogP contribution is 2.22. The second kappa shape index (κ2) is 7.49. The smallest absolute Gasteiger partial charge is 0.306 e. The van der Waals surface area contributed by atoms with E-state index in [9.17, 15) is 4.79 Å². The Morgan fingerprint density at radius 1 is 1.47 bits per heavy atom. The van der Waals surface area contributed by atoms with Crippen LogP contribution in [0.1, 0.15) is 44.6 Å². The van der Waals surface area contributed by atoms with Crippen LogP contribution in [0, 0.1) is 0 Å². The summed E-state index contributed by atoms with van der Waals surface area (Å²) in [5, 5.41) is 0. The molecule has 94 valence electrons. The molecule has 0 saturated carbocycles. The average Bonchev–Trinajstić information content (AvgIpc) is 2.29. The maximum Gasteiger partial charge on any atom is 0.306 e. The Morgan fingerprint density at radius 3 is 2.88 bits per heavy atom. The summed E-state index contributed by atoms with van der Waals surface area (Å²) in [5.74, 6) is 0.0903.